The number of rotatable bonds is 8. The molecule has 7 nitrogen and oxygen atoms in total. The van der Waals surface area contributed by atoms with Crippen LogP contribution in [0.15, 0.2) is 54.6 Å². The van der Waals surface area contributed by atoms with Gasteiger partial charge in [0.15, 0.2) is 0 Å². The molecule has 0 aliphatic rings. The highest BCUT2D eigenvalue weighted by Gasteiger charge is 2.29. The number of sulfonamides is 1. The number of carbonyl (C=O) groups excluding carboxylic acids is 2. The first-order valence-electron chi connectivity index (χ1n) is 9.23. The lowest BCUT2D eigenvalue weighted by Crippen LogP contribution is -2.50. The molecule has 2 amide bonds. The van der Waals surface area contributed by atoms with Gasteiger partial charge in [0.1, 0.15) is 12.6 Å². The Balaban J connectivity index is 2.34. The van der Waals surface area contributed by atoms with Crippen molar-refractivity contribution in [3.05, 3.63) is 65.7 Å². The van der Waals surface area contributed by atoms with E-state index in [1.807, 2.05) is 37.3 Å². The number of benzene rings is 2. The molecule has 1 unspecified atom stereocenters. The first kappa shape index (κ1) is 22.4. The number of nitrogens with one attached hydrogen (secondary N) is 1. The van der Waals surface area contributed by atoms with Crippen molar-refractivity contribution >= 4 is 27.5 Å². The van der Waals surface area contributed by atoms with Crippen LogP contribution in [0.25, 0.3) is 0 Å². The van der Waals surface area contributed by atoms with Gasteiger partial charge in [-0.15, -0.1) is 0 Å². The van der Waals surface area contributed by atoms with E-state index in [0.29, 0.717) is 5.69 Å². The Bertz CT molecular complexity index is 944. The second-order valence-corrected chi connectivity index (χ2v) is 8.81. The van der Waals surface area contributed by atoms with E-state index in [1.165, 1.54) is 11.9 Å². The van der Waals surface area contributed by atoms with Gasteiger partial charge in [-0.05, 0) is 31.5 Å². The summed E-state index contributed by atoms with van der Waals surface area (Å²) in [6.07, 6.45) is 1.06. The summed E-state index contributed by atoms with van der Waals surface area (Å²) in [6.45, 7) is 3.32. The van der Waals surface area contributed by atoms with Gasteiger partial charge in [0, 0.05) is 13.6 Å². The summed E-state index contributed by atoms with van der Waals surface area (Å²) in [6, 6.07) is 15.4. The number of likely N-dealkylation sites (N-methyl/N-ethyl adjacent to an activating group) is 1. The fourth-order valence-corrected chi connectivity index (χ4v) is 3.75. The lowest BCUT2D eigenvalue weighted by atomic mass is 10.1. The molecule has 2 rings (SSSR count). The van der Waals surface area contributed by atoms with E-state index in [4.69, 9.17) is 0 Å². The van der Waals surface area contributed by atoms with Gasteiger partial charge >= 0.3 is 0 Å². The second kappa shape index (κ2) is 9.56. The maximum absolute atomic E-state index is 13.1. The Labute approximate surface area is 172 Å². The largest absolute Gasteiger partial charge is 0.357 e. The lowest BCUT2D eigenvalue weighted by molar-refractivity contribution is -0.139. The lowest BCUT2D eigenvalue weighted by Gasteiger charge is -2.31. The van der Waals surface area contributed by atoms with Gasteiger partial charge in [0.25, 0.3) is 0 Å². The molecule has 0 bridgehead atoms. The zero-order valence-electron chi connectivity index (χ0n) is 17.1. The van der Waals surface area contributed by atoms with Gasteiger partial charge in [0.2, 0.25) is 21.8 Å². The van der Waals surface area contributed by atoms with Crippen molar-refractivity contribution in [2.75, 3.05) is 24.2 Å². The average molecular weight is 418 g/mol. The van der Waals surface area contributed by atoms with Crippen LogP contribution in [0.4, 0.5) is 5.69 Å². The van der Waals surface area contributed by atoms with Gasteiger partial charge in [-0.1, -0.05) is 48.0 Å². The standard InChI is InChI=1S/C21H27N3O4S/c1-16-10-12-19(13-11-16)24(29(4,27)28)15-20(25)23(17(2)21(26)22-3)14-18-8-6-5-7-9-18/h5-13,17H,14-15H2,1-4H3,(H,22,26). The normalized spacial score (nSPS) is 12.1. The minimum Gasteiger partial charge on any atom is -0.357 e. The first-order valence-corrected chi connectivity index (χ1v) is 11.1. The molecule has 0 aliphatic carbocycles. The molecule has 0 radical (unpaired) electrons. The van der Waals surface area contributed by atoms with E-state index in [-0.39, 0.29) is 12.5 Å². The fraction of sp³-hybridized carbons (Fsp3) is 0.333. The highest BCUT2D eigenvalue weighted by molar-refractivity contribution is 7.92. The predicted octanol–water partition coefficient (Wildman–Crippen LogP) is 1.92. The smallest absolute Gasteiger partial charge is 0.244 e. The quantitative estimate of drug-likeness (QED) is 0.711. The summed E-state index contributed by atoms with van der Waals surface area (Å²) in [5.41, 5.74) is 2.23. The molecule has 0 aliphatic heterocycles. The van der Waals surface area contributed by atoms with Crippen LogP contribution < -0.4 is 9.62 Å². The van der Waals surface area contributed by atoms with Crippen LogP contribution in [0.2, 0.25) is 0 Å². The number of anilines is 1. The molecule has 8 heteroatoms. The Kier molecular flexibility index (Phi) is 7.39. The minimum atomic E-state index is -3.70. The van der Waals surface area contributed by atoms with Crippen LogP contribution in [0.5, 0.6) is 0 Å². The SMILES string of the molecule is CNC(=O)C(C)N(Cc1ccccc1)C(=O)CN(c1ccc(C)cc1)S(C)(=O)=O. The van der Waals surface area contributed by atoms with Crippen molar-refractivity contribution in [3.8, 4) is 0 Å². The molecule has 2 aromatic carbocycles. The van der Waals surface area contributed by atoms with E-state index >= 15 is 0 Å². The van der Waals surface area contributed by atoms with Crippen molar-refractivity contribution in [1.82, 2.24) is 10.2 Å². The fourth-order valence-electron chi connectivity index (χ4n) is 2.90. The molecule has 0 saturated heterocycles. The van der Waals surface area contributed by atoms with Crippen LogP contribution in [0.3, 0.4) is 0 Å². The molecule has 156 valence electrons. The summed E-state index contributed by atoms with van der Waals surface area (Å²) in [4.78, 5) is 26.7. The molecule has 0 aromatic heterocycles. The molecule has 1 N–H and O–H groups in total. The Morgan fingerprint density at radius 3 is 2.14 bits per heavy atom. The topological polar surface area (TPSA) is 86.8 Å². The molecule has 0 heterocycles. The van der Waals surface area contributed by atoms with E-state index in [1.54, 1.807) is 31.2 Å². The summed E-state index contributed by atoms with van der Waals surface area (Å²) in [5, 5.41) is 2.54. The monoisotopic (exact) mass is 417 g/mol. The van der Waals surface area contributed by atoms with E-state index in [9.17, 15) is 18.0 Å². The van der Waals surface area contributed by atoms with E-state index < -0.39 is 28.5 Å². The molecule has 1 atom stereocenters. The Hall–Kier alpha value is -2.87. The number of carbonyl (C=O) groups is 2. The zero-order chi connectivity index (χ0) is 21.6. The number of aryl methyl sites for hydroxylation is 1. The van der Waals surface area contributed by atoms with E-state index in [2.05, 4.69) is 5.32 Å². The summed E-state index contributed by atoms with van der Waals surface area (Å²) < 4.78 is 25.8. The Morgan fingerprint density at radius 2 is 1.62 bits per heavy atom. The summed E-state index contributed by atoms with van der Waals surface area (Å²) >= 11 is 0. The van der Waals surface area contributed by atoms with Gasteiger partial charge in [-0.2, -0.15) is 0 Å². The van der Waals surface area contributed by atoms with Crippen LogP contribution in [0.1, 0.15) is 18.1 Å². The zero-order valence-corrected chi connectivity index (χ0v) is 17.9. The van der Waals surface area contributed by atoms with Crippen LogP contribution >= 0.6 is 0 Å². The molecule has 0 saturated carbocycles. The maximum Gasteiger partial charge on any atom is 0.244 e. The van der Waals surface area contributed by atoms with Crippen LogP contribution in [0, 0.1) is 6.92 Å². The predicted molar refractivity (Wildman–Crippen MR) is 114 cm³/mol. The van der Waals surface area contributed by atoms with Crippen molar-refractivity contribution < 1.29 is 18.0 Å². The second-order valence-electron chi connectivity index (χ2n) is 6.90. The average Bonchev–Trinajstić information content (AvgIpc) is 2.69. The third-order valence-corrected chi connectivity index (χ3v) is 5.75. The third kappa shape index (κ3) is 6.05. The van der Waals surface area contributed by atoms with Gasteiger partial charge in [0.05, 0.1) is 11.9 Å². The van der Waals surface area contributed by atoms with Crippen LogP contribution in [-0.2, 0) is 26.2 Å². The maximum atomic E-state index is 13.1. The van der Waals surface area contributed by atoms with Crippen molar-refractivity contribution in [3.63, 3.8) is 0 Å². The minimum absolute atomic E-state index is 0.194. The third-order valence-electron chi connectivity index (χ3n) is 4.61. The van der Waals surface area contributed by atoms with Crippen molar-refractivity contribution in [1.29, 1.82) is 0 Å². The van der Waals surface area contributed by atoms with Gasteiger partial charge < -0.3 is 10.2 Å². The van der Waals surface area contributed by atoms with Gasteiger partial charge in [-0.25, -0.2) is 8.42 Å². The number of amides is 2. The number of nitrogens with zero attached hydrogens (tertiary/aromatic N) is 2. The summed E-state index contributed by atoms with van der Waals surface area (Å²) in [5.74, 6) is -0.786. The first-order chi connectivity index (χ1) is 13.6. The van der Waals surface area contributed by atoms with Gasteiger partial charge in [-0.3, -0.25) is 13.9 Å². The van der Waals surface area contributed by atoms with Crippen LogP contribution in [-0.4, -0.2) is 51.0 Å². The molecular formula is C21H27N3O4S. The number of hydrogen-bond donors (Lipinski definition) is 1. The number of hydrogen-bond acceptors (Lipinski definition) is 4. The molecule has 2 aromatic rings. The highest BCUT2D eigenvalue weighted by atomic mass is 32.2. The Morgan fingerprint density at radius 1 is 1.03 bits per heavy atom. The summed E-state index contributed by atoms with van der Waals surface area (Å²) in [7, 11) is -2.20. The van der Waals surface area contributed by atoms with Crippen molar-refractivity contribution in [2.45, 2.75) is 26.4 Å². The molecular weight excluding hydrogens is 390 g/mol. The van der Waals surface area contributed by atoms with Crippen molar-refractivity contribution in [2.24, 2.45) is 0 Å². The highest BCUT2D eigenvalue weighted by Crippen LogP contribution is 2.19. The molecule has 0 spiro atoms. The van der Waals surface area contributed by atoms with E-state index in [0.717, 1.165) is 21.7 Å². The molecule has 29 heavy (non-hydrogen) atoms. The molecule has 0 fully saturated rings.